The molecule has 0 atom stereocenters. The molecular weight excluding hydrogens is 378 g/mol. The highest BCUT2D eigenvalue weighted by Crippen LogP contribution is 2.20. The van der Waals surface area contributed by atoms with E-state index < -0.39 is 5.82 Å². The molecule has 19 heavy (non-hydrogen) atoms. The van der Waals surface area contributed by atoms with Gasteiger partial charge in [0.05, 0.1) is 23.3 Å². The minimum Gasteiger partial charge on any atom is -0.260 e. The Kier molecular flexibility index (Phi) is 3.45. The lowest BCUT2D eigenvalue weighted by Gasteiger charge is -2.05. The monoisotopic (exact) mass is 386 g/mol. The fourth-order valence-corrected chi connectivity index (χ4v) is 2.57. The Bertz CT molecular complexity index is 754. The van der Waals surface area contributed by atoms with Crippen LogP contribution in [-0.4, -0.2) is 9.78 Å². The topological polar surface area (TPSA) is 17.8 Å². The van der Waals surface area contributed by atoms with Crippen LogP contribution in [0.15, 0.2) is 42.6 Å². The van der Waals surface area contributed by atoms with Gasteiger partial charge in [0.15, 0.2) is 0 Å². The zero-order valence-electron chi connectivity index (χ0n) is 9.78. The second-order valence-corrected chi connectivity index (χ2v) is 5.91. The van der Waals surface area contributed by atoms with Gasteiger partial charge in [-0.2, -0.15) is 5.10 Å². The van der Waals surface area contributed by atoms with Gasteiger partial charge in [-0.25, -0.2) is 4.39 Å². The quantitative estimate of drug-likeness (QED) is 0.594. The van der Waals surface area contributed by atoms with Gasteiger partial charge < -0.3 is 0 Å². The summed E-state index contributed by atoms with van der Waals surface area (Å²) in [5, 5.41) is 5.56. The minimum absolute atomic E-state index is 0.142. The predicted octanol–water partition coefficient (Wildman–Crippen LogP) is 4.48. The van der Waals surface area contributed by atoms with E-state index in [1.807, 2.05) is 29.1 Å². The average Bonchev–Trinajstić information content (AvgIpc) is 2.77. The van der Waals surface area contributed by atoms with E-state index in [9.17, 15) is 4.39 Å². The summed E-state index contributed by atoms with van der Waals surface area (Å²) in [6.07, 6.45) is 1.82. The van der Waals surface area contributed by atoms with E-state index in [1.165, 1.54) is 6.07 Å². The van der Waals surface area contributed by atoms with E-state index >= 15 is 0 Å². The van der Waals surface area contributed by atoms with Crippen molar-refractivity contribution in [2.75, 3.05) is 0 Å². The van der Waals surface area contributed by atoms with Crippen LogP contribution < -0.4 is 0 Å². The largest absolute Gasteiger partial charge is 0.260 e. The van der Waals surface area contributed by atoms with E-state index in [0.717, 1.165) is 20.0 Å². The van der Waals surface area contributed by atoms with Gasteiger partial charge in [0.1, 0.15) is 5.82 Å². The molecule has 3 aromatic rings. The van der Waals surface area contributed by atoms with Crippen LogP contribution in [0.3, 0.4) is 0 Å². The van der Waals surface area contributed by atoms with Crippen molar-refractivity contribution in [2.24, 2.45) is 0 Å². The molecule has 0 radical (unpaired) electrons. The lowest BCUT2D eigenvalue weighted by atomic mass is 10.2. The van der Waals surface area contributed by atoms with E-state index in [2.05, 4.69) is 33.8 Å². The van der Waals surface area contributed by atoms with Gasteiger partial charge in [0.2, 0.25) is 0 Å². The molecule has 1 heterocycles. The molecule has 0 unspecified atom stereocenters. The summed E-state index contributed by atoms with van der Waals surface area (Å²) in [5.74, 6) is -0.398. The molecule has 0 N–H and O–H groups in total. The van der Waals surface area contributed by atoms with Crippen LogP contribution >= 0.6 is 34.2 Å². The molecule has 5 heteroatoms. The molecule has 0 saturated carbocycles. The van der Waals surface area contributed by atoms with E-state index in [0.29, 0.717) is 6.54 Å². The van der Waals surface area contributed by atoms with Crippen LogP contribution in [-0.2, 0) is 6.54 Å². The Morgan fingerprint density at radius 2 is 2.05 bits per heavy atom. The second-order valence-electron chi connectivity index (χ2n) is 4.25. The normalized spacial score (nSPS) is 11.1. The maximum Gasteiger partial charge on any atom is 0.142 e. The summed E-state index contributed by atoms with van der Waals surface area (Å²) in [6, 6.07) is 11.0. The Morgan fingerprint density at radius 1 is 1.21 bits per heavy atom. The molecule has 0 bridgehead atoms. The summed E-state index contributed by atoms with van der Waals surface area (Å²) in [4.78, 5) is 0. The van der Waals surface area contributed by atoms with Crippen LogP contribution in [0.1, 0.15) is 5.56 Å². The smallest absolute Gasteiger partial charge is 0.142 e. The van der Waals surface area contributed by atoms with Crippen molar-refractivity contribution in [2.45, 2.75) is 6.54 Å². The molecule has 3 rings (SSSR count). The molecule has 0 aliphatic heterocycles. The van der Waals surface area contributed by atoms with Crippen molar-refractivity contribution in [3.63, 3.8) is 0 Å². The van der Waals surface area contributed by atoms with Crippen molar-refractivity contribution in [3.8, 4) is 0 Å². The first-order chi connectivity index (χ1) is 9.13. The van der Waals surface area contributed by atoms with Gasteiger partial charge >= 0.3 is 0 Å². The maximum absolute atomic E-state index is 13.4. The first kappa shape index (κ1) is 12.9. The standard InChI is InChI=1S/C14H9ClFIN2/c15-12-4-1-9(5-13(12)16)8-19-14-6-11(17)3-2-10(14)7-18-19/h1-7H,8H2. The van der Waals surface area contributed by atoms with Crippen molar-refractivity contribution in [3.05, 3.63) is 62.6 Å². The number of halogens is 3. The molecule has 0 spiro atoms. The Morgan fingerprint density at radius 3 is 2.84 bits per heavy atom. The maximum atomic E-state index is 13.4. The van der Waals surface area contributed by atoms with E-state index in [1.54, 1.807) is 6.07 Å². The zero-order valence-corrected chi connectivity index (χ0v) is 12.7. The highest BCUT2D eigenvalue weighted by molar-refractivity contribution is 14.1. The first-order valence-electron chi connectivity index (χ1n) is 5.68. The van der Waals surface area contributed by atoms with Gasteiger partial charge in [-0.15, -0.1) is 0 Å². The molecule has 1 aromatic heterocycles. The van der Waals surface area contributed by atoms with Gasteiger partial charge in [0.25, 0.3) is 0 Å². The SMILES string of the molecule is Fc1cc(Cn2ncc3ccc(I)cc32)ccc1Cl. The molecule has 2 nitrogen and oxygen atoms in total. The zero-order chi connectivity index (χ0) is 13.4. The third kappa shape index (κ3) is 2.60. The molecule has 2 aromatic carbocycles. The predicted molar refractivity (Wildman–Crippen MR) is 83.0 cm³/mol. The number of benzene rings is 2. The number of hydrogen-bond donors (Lipinski definition) is 0. The number of hydrogen-bond acceptors (Lipinski definition) is 1. The molecule has 0 amide bonds. The van der Waals surface area contributed by atoms with E-state index in [-0.39, 0.29) is 5.02 Å². The summed E-state index contributed by atoms with van der Waals surface area (Å²) < 4.78 is 16.4. The lowest BCUT2D eigenvalue weighted by molar-refractivity contribution is 0.621. The van der Waals surface area contributed by atoms with E-state index in [4.69, 9.17) is 11.6 Å². The first-order valence-corrected chi connectivity index (χ1v) is 7.14. The van der Waals surface area contributed by atoms with Crippen LogP contribution in [0, 0.1) is 9.39 Å². The highest BCUT2D eigenvalue weighted by atomic mass is 127. The highest BCUT2D eigenvalue weighted by Gasteiger charge is 2.06. The van der Waals surface area contributed by atoms with Crippen LogP contribution in [0.25, 0.3) is 10.9 Å². The number of nitrogens with zero attached hydrogens (tertiary/aromatic N) is 2. The van der Waals surface area contributed by atoms with Crippen LogP contribution in [0.4, 0.5) is 4.39 Å². The van der Waals surface area contributed by atoms with Gasteiger partial charge in [-0.1, -0.05) is 23.7 Å². The van der Waals surface area contributed by atoms with Crippen molar-refractivity contribution < 1.29 is 4.39 Å². The Hall–Kier alpha value is -1.14. The summed E-state index contributed by atoms with van der Waals surface area (Å²) in [6.45, 7) is 0.525. The molecular formula is C14H9ClFIN2. The second kappa shape index (κ2) is 5.09. The molecule has 0 aliphatic rings. The molecule has 0 fully saturated rings. The third-order valence-electron chi connectivity index (χ3n) is 2.92. The fourth-order valence-electron chi connectivity index (χ4n) is 1.98. The Balaban J connectivity index is 2.00. The van der Waals surface area contributed by atoms with Crippen molar-refractivity contribution in [1.29, 1.82) is 0 Å². The minimum atomic E-state index is -0.398. The third-order valence-corrected chi connectivity index (χ3v) is 3.90. The van der Waals surface area contributed by atoms with Crippen LogP contribution in [0.5, 0.6) is 0 Å². The molecule has 96 valence electrons. The number of fused-ring (bicyclic) bond motifs is 1. The number of aromatic nitrogens is 2. The Labute approximate surface area is 128 Å². The summed E-state index contributed by atoms with van der Waals surface area (Å²) >= 11 is 7.94. The van der Waals surface area contributed by atoms with Gasteiger partial charge in [-0.3, -0.25) is 4.68 Å². The van der Waals surface area contributed by atoms with Crippen molar-refractivity contribution >= 4 is 45.1 Å². The van der Waals surface area contributed by atoms with Crippen LogP contribution in [0.2, 0.25) is 5.02 Å². The number of rotatable bonds is 2. The van der Waals surface area contributed by atoms with Gasteiger partial charge in [-0.05, 0) is 52.4 Å². The average molecular weight is 387 g/mol. The molecule has 0 aliphatic carbocycles. The summed E-state index contributed by atoms with van der Waals surface area (Å²) in [5.41, 5.74) is 1.88. The van der Waals surface area contributed by atoms with Gasteiger partial charge in [0, 0.05) is 8.96 Å². The molecule has 0 saturated heterocycles. The summed E-state index contributed by atoms with van der Waals surface area (Å²) in [7, 11) is 0. The van der Waals surface area contributed by atoms with Crippen molar-refractivity contribution in [1.82, 2.24) is 9.78 Å². The fraction of sp³-hybridized carbons (Fsp3) is 0.0714. The lowest BCUT2D eigenvalue weighted by Crippen LogP contribution is -2.01.